The van der Waals surface area contributed by atoms with Gasteiger partial charge in [0.2, 0.25) is 0 Å². The minimum atomic E-state index is 0.491. The van der Waals surface area contributed by atoms with Crippen LogP contribution >= 0.6 is 11.6 Å². The maximum absolute atomic E-state index is 6.27. The van der Waals surface area contributed by atoms with Gasteiger partial charge in [-0.15, -0.1) is 11.6 Å². The molecule has 2 fully saturated rings. The Hall–Kier alpha value is 0.250. The highest BCUT2D eigenvalue weighted by atomic mass is 35.5. The summed E-state index contributed by atoms with van der Waals surface area (Å²) in [6.07, 6.45) is 6.87. The van der Waals surface area contributed by atoms with E-state index in [0.717, 1.165) is 12.0 Å². The highest BCUT2D eigenvalue weighted by Gasteiger charge is 2.36. The summed E-state index contributed by atoms with van der Waals surface area (Å²) >= 11 is 6.27. The van der Waals surface area contributed by atoms with Gasteiger partial charge in [0, 0.05) is 17.7 Å². The van der Waals surface area contributed by atoms with Crippen molar-refractivity contribution in [3.63, 3.8) is 0 Å². The summed E-state index contributed by atoms with van der Waals surface area (Å²) in [4.78, 5) is 0. The first-order valence-electron chi connectivity index (χ1n) is 4.85. The molecule has 1 saturated carbocycles. The van der Waals surface area contributed by atoms with Crippen LogP contribution in [-0.2, 0) is 0 Å². The van der Waals surface area contributed by atoms with Crippen LogP contribution < -0.4 is 5.32 Å². The topological polar surface area (TPSA) is 16.6 Å². The molecule has 0 spiro atoms. The molecule has 0 amide bonds. The lowest BCUT2D eigenvalue weighted by Crippen LogP contribution is -2.94. The number of piperidine rings is 1. The van der Waals surface area contributed by atoms with Gasteiger partial charge < -0.3 is 5.32 Å². The Morgan fingerprint density at radius 3 is 2.73 bits per heavy atom. The number of hydrogen-bond donors (Lipinski definition) is 1. The molecular formula is C9H17ClN+. The predicted octanol–water partition coefficient (Wildman–Crippen LogP) is 1.12. The van der Waals surface area contributed by atoms with Gasteiger partial charge in [-0.2, -0.15) is 0 Å². The zero-order valence-electron chi connectivity index (χ0n) is 6.93. The molecule has 11 heavy (non-hydrogen) atoms. The van der Waals surface area contributed by atoms with E-state index in [1.54, 1.807) is 0 Å². The summed E-state index contributed by atoms with van der Waals surface area (Å²) in [5.74, 6) is 0.833. The molecule has 0 aromatic carbocycles. The molecule has 0 aromatic heterocycles. The lowest BCUT2D eigenvalue weighted by Gasteiger charge is -2.36. The third-order valence-corrected chi connectivity index (χ3v) is 3.79. The molecule has 64 valence electrons. The Morgan fingerprint density at radius 2 is 1.91 bits per heavy atom. The fraction of sp³-hybridized carbons (Fsp3) is 1.00. The minimum Gasteiger partial charge on any atom is -0.344 e. The highest BCUT2D eigenvalue weighted by molar-refractivity contribution is 6.20. The number of nitrogens with two attached hydrogens (primary N) is 1. The van der Waals surface area contributed by atoms with Gasteiger partial charge in [-0.3, -0.25) is 0 Å². The van der Waals surface area contributed by atoms with Crippen LogP contribution in [0.2, 0.25) is 0 Å². The van der Waals surface area contributed by atoms with Crippen LogP contribution in [0.4, 0.5) is 0 Å². The largest absolute Gasteiger partial charge is 0.344 e. The summed E-state index contributed by atoms with van der Waals surface area (Å²) in [6.45, 7) is 1.26. The molecule has 0 aromatic rings. The smallest absolute Gasteiger partial charge is 0.0901 e. The van der Waals surface area contributed by atoms with Crippen molar-refractivity contribution in [2.45, 2.75) is 43.5 Å². The summed E-state index contributed by atoms with van der Waals surface area (Å²) in [7, 11) is 0. The average molecular weight is 175 g/mol. The summed E-state index contributed by atoms with van der Waals surface area (Å²) < 4.78 is 0. The van der Waals surface area contributed by atoms with Gasteiger partial charge >= 0.3 is 0 Å². The monoisotopic (exact) mass is 174 g/mol. The van der Waals surface area contributed by atoms with Gasteiger partial charge in [0.25, 0.3) is 0 Å². The van der Waals surface area contributed by atoms with Gasteiger partial charge in [-0.05, 0) is 19.3 Å². The van der Waals surface area contributed by atoms with Crippen LogP contribution in [0.5, 0.6) is 0 Å². The molecule has 1 aliphatic heterocycles. The quantitative estimate of drug-likeness (QED) is 0.531. The second kappa shape index (κ2) is 3.32. The molecular weight excluding hydrogens is 158 g/mol. The molecule has 2 heteroatoms. The minimum absolute atomic E-state index is 0.491. The first-order chi connectivity index (χ1) is 5.38. The van der Waals surface area contributed by atoms with E-state index in [2.05, 4.69) is 5.32 Å². The Kier molecular flexibility index (Phi) is 2.38. The Bertz CT molecular complexity index is 136. The van der Waals surface area contributed by atoms with Crippen LogP contribution in [0.15, 0.2) is 0 Å². The maximum Gasteiger partial charge on any atom is 0.0901 e. The van der Waals surface area contributed by atoms with Crippen LogP contribution in [-0.4, -0.2) is 18.0 Å². The molecule has 0 radical (unpaired) electrons. The van der Waals surface area contributed by atoms with Crippen LogP contribution in [0.3, 0.4) is 0 Å². The van der Waals surface area contributed by atoms with Crippen molar-refractivity contribution >= 4 is 11.6 Å². The van der Waals surface area contributed by atoms with Crippen molar-refractivity contribution in [1.29, 1.82) is 0 Å². The van der Waals surface area contributed by atoms with Crippen molar-refractivity contribution in [3.8, 4) is 0 Å². The first-order valence-corrected chi connectivity index (χ1v) is 5.29. The fourth-order valence-electron chi connectivity index (χ4n) is 2.61. The van der Waals surface area contributed by atoms with Crippen molar-refractivity contribution in [2.24, 2.45) is 5.92 Å². The molecule has 1 heterocycles. The normalized spacial score (nSPS) is 45.0. The van der Waals surface area contributed by atoms with Crippen molar-refractivity contribution in [2.75, 3.05) is 6.54 Å². The standard InChI is InChI=1S/C9H16ClN/c10-8-5-6-11-9-4-2-1-3-7(8)9/h7-9,11H,1-6H2/p+1. The van der Waals surface area contributed by atoms with Gasteiger partial charge in [0.1, 0.15) is 0 Å². The van der Waals surface area contributed by atoms with E-state index in [4.69, 9.17) is 11.6 Å². The van der Waals surface area contributed by atoms with Crippen LogP contribution in [0.25, 0.3) is 0 Å². The fourth-order valence-corrected chi connectivity index (χ4v) is 3.05. The third kappa shape index (κ3) is 1.54. The van der Waals surface area contributed by atoms with E-state index in [1.165, 1.54) is 38.6 Å². The van der Waals surface area contributed by atoms with E-state index < -0.39 is 0 Å². The highest BCUT2D eigenvalue weighted by Crippen LogP contribution is 2.30. The summed E-state index contributed by atoms with van der Waals surface area (Å²) in [5.41, 5.74) is 0. The zero-order valence-corrected chi connectivity index (χ0v) is 7.69. The Labute approximate surface area is 73.5 Å². The number of halogens is 1. The van der Waals surface area contributed by atoms with Crippen molar-refractivity contribution in [3.05, 3.63) is 0 Å². The molecule has 2 rings (SSSR count). The van der Waals surface area contributed by atoms with E-state index in [9.17, 15) is 0 Å². The van der Waals surface area contributed by atoms with Gasteiger partial charge in [0.05, 0.1) is 12.6 Å². The second-order valence-corrected chi connectivity index (χ2v) is 4.50. The van der Waals surface area contributed by atoms with E-state index in [1.807, 2.05) is 0 Å². The van der Waals surface area contributed by atoms with Gasteiger partial charge in [0.15, 0.2) is 0 Å². The molecule has 2 aliphatic rings. The lowest BCUT2D eigenvalue weighted by atomic mass is 9.79. The molecule has 1 saturated heterocycles. The molecule has 1 nitrogen and oxygen atoms in total. The van der Waals surface area contributed by atoms with Gasteiger partial charge in [-0.1, -0.05) is 6.42 Å². The number of alkyl halides is 1. The van der Waals surface area contributed by atoms with Crippen molar-refractivity contribution < 1.29 is 5.32 Å². The number of rotatable bonds is 0. The number of hydrogen-bond acceptors (Lipinski definition) is 0. The van der Waals surface area contributed by atoms with E-state index in [0.29, 0.717) is 5.38 Å². The van der Waals surface area contributed by atoms with Crippen molar-refractivity contribution in [1.82, 2.24) is 0 Å². The number of quaternary nitrogens is 1. The second-order valence-electron chi connectivity index (χ2n) is 3.94. The summed E-state index contributed by atoms with van der Waals surface area (Å²) in [5, 5.41) is 3.01. The lowest BCUT2D eigenvalue weighted by molar-refractivity contribution is -0.706. The molecule has 3 atom stereocenters. The van der Waals surface area contributed by atoms with Crippen LogP contribution in [0, 0.1) is 5.92 Å². The Morgan fingerprint density at radius 1 is 1.09 bits per heavy atom. The predicted molar refractivity (Wildman–Crippen MR) is 46.8 cm³/mol. The summed E-state index contributed by atoms with van der Waals surface area (Å²) in [6, 6.07) is 0.875. The van der Waals surface area contributed by atoms with Gasteiger partial charge in [-0.25, -0.2) is 0 Å². The molecule has 3 unspecified atom stereocenters. The molecule has 1 aliphatic carbocycles. The van der Waals surface area contributed by atoms with Crippen LogP contribution in [0.1, 0.15) is 32.1 Å². The molecule has 2 N–H and O–H groups in total. The molecule has 0 bridgehead atoms. The zero-order chi connectivity index (χ0) is 7.68. The third-order valence-electron chi connectivity index (χ3n) is 3.25. The first kappa shape index (κ1) is 7.88. The maximum atomic E-state index is 6.27. The van der Waals surface area contributed by atoms with E-state index >= 15 is 0 Å². The number of fused-ring (bicyclic) bond motifs is 1. The SMILES string of the molecule is ClC1CC[NH2+]C2CCCCC12. The average Bonchev–Trinajstić information content (AvgIpc) is 2.06. The van der Waals surface area contributed by atoms with E-state index in [-0.39, 0.29) is 0 Å². The Balaban J connectivity index is 1.99.